The Morgan fingerprint density at radius 3 is 2.24 bits per heavy atom. The predicted molar refractivity (Wildman–Crippen MR) is 145 cm³/mol. The number of hydrogen-bond donors (Lipinski definition) is 0. The zero-order valence-electron chi connectivity index (χ0n) is 21.4. The van der Waals surface area contributed by atoms with Gasteiger partial charge < -0.3 is 19.0 Å². The summed E-state index contributed by atoms with van der Waals surface area (Å²) in [5.74, 6) is 1.69. The topological polar surface area (TPSA) is 66.2 Å². The lowest BCUT2D eigenvalue weighted by Crippen LogP contribution is -2.47. The van der Waals surface area contributed by atoms with Gasteiger partial charge in [-0.3, -0.25) is 14.5 Å². The quantitative estimate of drug-likeness (QED) is 0.335. The molecule has 4 rings (SSSR count). The maximum absolute atomic E-state index is 13.6. The maximum atomic E-state index is 13.6. The zero-order valence-corrected chi connectivity index (χ0v) is 22.2. The molecule has 2 heterocycles. The molecule has 0 atom stereocenters. The molecule has 0 saturated carbocycles. The molecule has 1 aliphatic heterocycles. The van der Waals surface area contributed by atoms with E-state index in [1.54, 1.807) is 9.80 Å². The van der Waals surface area contributed by atoms with Crippen molar-refractivity contribution in [1.29, 1.82) is 0 Å². The summed E-state index contributed by atoms with van der Waals surface area (Å²) in [7, 11) is 0. The Hall–Kier alpha value is -3.07. The minimum absolute atomic E-state index is 0.0328. The lowest BCUT2D eigenvalue weighted by molar-refractivity contribution is -0.140. The van der Waals surface area contributed by atoms with Crippen molar-refractivity contribution in [1.82, 2.24) is 14.7 Å². The Morgan fingerprint density at radius 2 is 1.57 bits per heavy atom. The van der Waals surface area contributed by atoms with Crippen molar-refractivity contribution >= 4 is 23.6 Å². The number of furan rings is 1. The number of ether oxygens (including phenoxy) is 1. The lowest BCUT2D eigenvalue weighted by atomic mass is 10.2. The molecule has 2 amide bonds. The number of nitrogens with zero attached hydrogens (tertiary/aromatic N) is 3. The average molecular weight is 522 g/mol. The second-order valence-electron chi connectivity index (χ2n) is 9.12. The number of hydrogen-bond acceptors (Lipinski definition) is 6. The Bertz CT molecular complexity index is 1120. The maximum Gasteiger partial charge on any atom is 0.242 e. The third-order valence-electron chi connectivity index (χ3n) is 6.29. The van der Waals surface area contributed by atoms with Crippen molar-refractivity contribution in [2.24, 2.45) is 0 Å². The van der Waals surface area contributed by atoms with Crippen LogP contribution in [-0.4, -0.2) is 78.2 Å². The van der Waals surface area contributed by atoms with Crippen molar-refractivity contribution in [2.45, 2.75) is 24.9 Å². The molecule has 2 aromatic carbocycles. The highest BCUT2D eigenvalue weighted by molar-refractivity contribution is 8.00. The van der Waals surface area contributed by atoms with E-state index < -0.39 is 0 Å². The van der Waals surface area contributed by atoms with Gasteiger partial charge in [-0.25, -0.2) is 0 Å². The van der Waals surface area contributed by atoms with Gasteiger partial charge in [0.2, 0.25) is 11.8 Å². The van der Waals surface area contributed by atoms with Crippen LogP contribution in [-0.2, 0) is 27.4 Å². The molecule has 1 saturated heterocycles. The smallest absolute Gasteiger partial charge is 0.242 e. The number of rotatable bonds is 12. The minimum atomic E-state index is -0.0991. The second kappa shape index (κ2) is 14.0. The van der Waals surface area contributed by atoms with Gasteiger partial charge in [0.25, 0.3) is 0 Å². The summed E-state index contributed by atoms with van der Waals surface area (Å²) in [5.41, 5.74) is 1.03. The van der Waals surface area contributed by atoms with E-state index in [0.29, 0.717) is 39.4 Å². The molecule has 1 aliphatic rings. The first kappa shape index (κ1) is 27.0. The van der Waals surface area contributed by atoms with Crippen LogP contribution in [0.3, 0.4) is 0 Å². The first-order valence-electron chi connectivity index (χ1n) is 12.7. The fourth-order valence-corrected chi connectivity index (χ4v) is 5.01. The lowest BCUT2D eigenvalue weighted by Gasteiger charge is -2.31. The van der Waals surface area contributed by atoms with E-state index in [0.717, 1.165) is 35.1 Å². The molecule has 0 radical (unpaired) electrons. The van der Waals surface area contributed by atoms with Crippen LogP contribution in [0.2, 0.25) is 0 Å². The fraction of sp³-hybridized carbons (Fsp3) is 0.379. The summed E-state index contributed by atoms with van der Waals surface area (Å²) >= 11 is 1.50. The highest BCUT2D eigenvalue weighted by Gasteiger charge is 2.24. The third kappa shape index (κ3) is 8.77. The largest absolute Gasteiger partial charge is 0.464 e. The van der Waals surface area contributed by atoms with Gasteiger partial charge in [-0.15, -0.1) is 11.8 Å². The molecule has 0 spiro atoms. The van der Waals surface area contributed by atoms with Crippen LogP contribution >= 0.6 is 11.8 Å². The van der Waals surface area contributed by atoms with Gasteiger partial charge in [0, 0.05) is 37.6 Å². The van der Waals surface area contributed by atoms with Crippen LogP contribution in [0, 0.1) is 6.92 Å². The van der Waals surface area contributed by atoms with Crippen molar-refractivity contribution in [3.8, 4) is 0 Å². The van der Waals surface area contributed by atoms with E-state index in [2.05, 4.69) is 4.90 Å². The monoisotopic (exact) mass is 521 g/mol. The van der Waals surface area contributed by atoms with E-state index in [4.69, 9.17) is 9.15 Å². The van der Waals surface area contributed by atoms with E-state index in [1.165, 1.54) is 11.8 Å². The average Bonchev–Trinajstić information content (AvgIpc) is 3.35. The summed E-state index contributed by atoms with van der Waals surface area (Å²) < 4.78 is 11.2. The van der Waals surface area contributed by atoms with Gasteiger partial charge in [0.1, 0.15) is 11.5 Å². The minimum Gasteiger partial charge on any atom is -0.464 e. The first-order chi connectivity index (χ1) is 18.1. The third-order valence-corrected chi connectivity index (χ3v) is 7.28. The van der Waals surface area contributed by atoms with Gasteiger partial charge in [-0.1, -0.05) is 48.5 Å². The molecule has 0 bridgehead atoms. The number of carbonyl (C=O) groups is 2. The van der Waals surface area contributed by atoms with Gasteiger partial charge in [0.05, 0.1) is 32.1 Å². The highest BCUT2D eigenvalue weighted by atomic mass is 32.2. The van der Waals surface area contributed by atoms with Crippen molar-refractivity contribution in [2.75, 3.05) is 51.7 Å². The number of aryl methyl sites for hydroxylation is 1. The van der Waals surface area contributed by atoms with Crippen LogP contribution in [0.25, 0.3) is 0 Å². The van der Waals surface area contributed by atoms with E-state index >= 15 is 0 Å². The second-order valence-corrected chi connectivity index (χ2v) is 10.2. The van der Waals surface area contributed by atoms with Crippen LogP contribution in [0.1, 0.15) is 17.1 Å². The molecule has 37 heavy (non-hydrogen) atoms. The number of morpholine rings is 1. The predicted octanol–water partition coefficient (Wildman–Crippen LogP) is 4.07. The fourth-order valence-electron chi connectivity index (χ4n) is 4.19. The summed E-state index contributed by atoms with van der Waals surface area (Å²) in [5, 5.41) is 0. The SMILES string of the molecule is Cc1ccc(CN(Cc2ccccc2)C(=O)CN(CCN2CCOCC2)C(=O)CSc2ccccc2)o1. The van der Waals surface area contributed by atoms with E-state index in [9.17, 15) is 9.59 Å². The van der Waals surface area contributed by atoms with Crippen molar-refractivity contribution < 1.29 is 18.7 Å². The number of amides is 2. The molecule has 1 aromatic heterocycles. The Kier molecular flexibility index (Phi) is 10.2. The van der Waals surface area contributed by atoms with Crippen LogP contribution < -0.4 is 0 Å². The molecule has 196 valence electrons. The molecule has 0 aliphatic carbocycles. The molecule has 3 aromatic rings. The highest BCUT2D eigenvalue weighted by Crippen LogP contribution is 2.18. The molecule has 8 heteroatoms. The molecule has 1 fully saturated rings. The molecular weight excluding hydrogens is 486 g/mol. The Balaban J connectivity index is 1.45. The number of carbonyl (C=O) groups excluding carboxylic acids is 2. The number of thioether (sulfide) groups is 1. The first-order valence-corrected chi connectivity index (χ1v) is 13.7. The Labute approximate surface area is 223 Å². The van der Waals surface area contributed by atoms with Crippen LogP contribution in [0.4, 0.5) is 0 Å². The summed E-state index contributed by atoms with van der Waals surface area (Å²) in [6, 6.07) is 23.6. The van der Waals surface area contributed by atoms with Crippen molar-refractivity contribution in [3.63, 3.8) is 0 Å². The molecular formula is C29H35N3O4S. The summed E-state index contributed by atoms with van der Waals surface area (Å²) in [6.07, 6.45) is 0. The Morgan fingerprint density at radius 1 is 0.865 bits per heavy atom. The molecule has 0 unspecified atom stereocenters. The standard InChI is InChI=1S/C29H35N3O4S/c1-24-12-13-26(36-24)21-32(20-25-8-4-2-5-9-25)28(33)22-31(15-14-30-16-18-35-19-17-30)29(34)23-37-27-10-6-3-7-11-27/h2-13H,14-23H2,1H3. The van der Waals surface area contributed by atoms with Gasteiger partial charge in [-0.05, 0) is 36.8 Å². The van der Waals surface area contributed by atoms with Crippen molar-refractivity contribution in [3.05, 3.63) is 89.9 Å². The van der Waals surface area contributed by atoms with E-state index in [-0.39, 0.29) is 24.1 Å². The normalized spacial score (nSPS) is 13.9. The summed E-state index contributed by atoms with van der Waals surface area (Å²) in [6.45, 7) is 7.02. The van der Waals surface area contributed by atoms with Gasteiger partial charge in [-0.2, -0.15) is 0 Å². The molecule has 7 nitrogen and oxygen atoms in total. The molecule has 0 N–H and O–H groups in total. The van der Waals surface area contributed by atoms with E-state index in [1.807, 2.05) is 79.7 Å². The summed E-state index contributed by atoms with van der Waals surface area (Å²) in [4.78, 5) is 33.8. The van der Waals surface area contributed by atoms with Gasteiger partial charge in [0.15, 0.2) is 0 Å². The van der Waals surface area contributed by atoms with Crippen LogP contribution in [0.5, 0.6) is 0 Å². The number of benzene rings is 2. The van der Waals surface area contributed by atoms with Crippen LogP contribution in [0.15, 0.2) is 82.1 Å². The zero-order chi connectivity index (χ0) is 25.9. The van der Waals surface area contributed by atoms with Gasteiger partial charge >= 0.3 is 0 Å².